The summed E-state index contributed by atoms with van der Waals surface area (Å²) in [6.45, 7) is 5.78. The molecule has 24 heavy (non-hydrogen) atoms. The van der Waals surface area contributed by atoms with Crippen molar-refractivity contribution in [2.75, 3.05) is 12.0 Å². The summed E-state index contributed by atoms with van der Waals surface area (Å²) in [5, 5.41) is 0. The Kier molecular flexibility index (Phi) is 4.18. The average molecular weight is 326 g/mol. The molecule has 0 aliphatic carbocycles. The molecule has 0 saturated heterocycles. The van der Waals surface area contributed by atoms with Crippen LogP contribution in [0.25, 0.3) is 0 Å². The van der Waals surface area contributed by atoms with Crippen LogP contribution in [0.15, 0.2) is 24.3 Å². The number of rotatable bonds is 3. The van der Waals surface area contributed by atoms with E-state index in [2.05, 4.69) is 11.1 Å². The largest absolute Gasteiger partial charge is 0.465 e. The molecule has 1 atom stereocenters. The predicted octanol–water partition coefficient (Wildman–Crippen LogP) is 3.26. The topological polar surface area (TPSA) is 62.4 Å². The van der Waals surface area contributed by atoms with Crippen molar-refractivity contribution < 1.29 is 14.3 Å². The number of aromatic amines is 1. The Morgan fingerprint density at radius 3 is 2.71 bits per heavy atom. The Bertz CT molecular complexity index is 807. The van der Waals surface area contributed by atoms with Crippen molar-refractivity contribution in [1.29, 1.82) is 0 Å². The number of nitrogens with zero attached hydrogens (tertiary/aromatic N) is 1. The number of para-hydroxylation sites is 1. The molecule has 5 nitrogen and oxygen atoms in total. The number of ether oxygens (including phenoxy) is 1. The number of aromatic nitrogens is 1. The summed E-state index contributed by atoms with van der Waals surface area (Å²) in [5.74, 6) is -0.510. The Morgan fingerprint density at radius 2 is 2.04 bits per heavy atom. The van der Waals surface area contributed by atoms with Gasteiger partial charge in [0.25, 0.3) is 5.91 Å². The molecule has 1 aliphatic heterocycles. The normalized spacial score (nSPS) is 16.2. The number of amides is 1. The van der Waals surface area contributed by atoms with Gasteiger partial charge in [-0.2, -0.15) is 0 Å². The van der Waals surface area contributed by atoms with Crippen LogP contribution in [0.2, 0.25) is 0 Å². The first-order valence-corrected chi connectivity index (χ1v) is 8.20. The molecule has 0 saturated carbocycles. The van der Waals surface area contributed by atoms with Gasteiger partial charge in [0.1, 0.15) is 5.69 Å². The Hall–Kier alpha value is -2.56. The number of hydrogen-bond acceptors (Lipinski definition) is 3. The molecular formula is C19H22N2O3. The molecule has 1 aromatic heterocycles. The minimum atomic E-state index is -0.408. The molecule has 5 heteroatoms. The first-order chi connectivity index (χ1) is 11.5. The van der Waals surface area contributed by atoms with Crippen molar-refractivity contribution in [2.24, 2.45) is 0 Å². The molecule has 0 radical (unpaired) electrons. The lowest BCUT2D eigenvalue weighted by Crippen LogP contribution is -2.36. The summed E-state index contributed by atoms with van der Waals surface area (Å²) in [5.41, 5.74) is 4.45. The molecule has 2 aromatic rings. The molecule has 1 N–H and O–H groups in total. The molecule has 126 valence electrons. The molecule has 1 aromatic carbocycles. The van der Waals surface area contributed by atoms with Crippen LogP contribution in [0.3, 0.4) is 0 Å². The summed E-state index contributed by atoms with van der Waals surface area (Å²) in [7, 11) is 1.36. The first-order valence-electron chi connectivity index (χ1n) is 8.20. The number of esters is 1. The van der Waals surface area contributed by atoms with Crippen molar-refractivity contribution in [3.63, 3.8) is 0 Å². The van der Waals surface area contributed by atoms with Gasteiger partial charge in [-0.3, -0.25) is 4.79 Å². The van der Waals surface area contributed by atoms with Crippen LogP contribution in [-0.2, 0) is 17.6 Å². The van der Waals surface area contributed by atoms with E-state index in [1.165, 1.54) is 12.7 Å². The molecule has 1 amide bonds. The van der Waals surface area contributed by atoms with E-state index in [9.17, 15) is 9.59 Å². The molecule has 0 fully saturated rings. The number of anilines is 1. The highest BCUT2D eigenvalue weighted by Crippen LogP contribution is 2.34. The van der Waals surface area contributed by atoms with Crippen LogP contribution in [0, 0.1) is 6.92 Å². The van der Waals surface area contributed by atoms with Crippen molar-refractivity contribution in [3.8, 4) is 0 Å². The maximum Gasteiger partial charge on any atom is 0.339 e. The van der Waals surface area contributed by atoms with Gasteiger partial charge >= 0.3 is 5.97 Å². The summed E-state index contributed by atoms with van der Waals surface area (Å²) >= 11 is 0. The minimum Gasteiger partial charge on any atom is -0.465 e. The number of fused-ring (bicyclic) bond motifs is 1. The molecule has 0 spiro atoms. The number of benzene rings is 1. The van der Waals surface area contributed by atoms with Crippen molar-refractivity contribution in [3.05, 3.63) is 52.3 Å². The number of aryl methyl sites for hydroxylation is 1. The SMILES string of the molecule is CCc1[nH]c(C(=O)N2c3ccccc3CC2C)c(C)c1C(=O)OC. The fourth-order valence-corrected chi connectivity index (χ4v) is 3.51. The van der Waals surface area contributed by atoms with Crippen LogP contribution in [0.1, 0.15) is 51.5 Å². The second-order valence-corrected chi connectivity index (χ2v) is 6.18. The van der Waals surface area contributed by atoms with Gasteiger partial charge in [0.05, 0.1) is 12.7 Å². The Labute approximate surface area is 141 Å². The van der Waals surface area contributed by atoms with E-state index in [4.69, 9.17) is 4.74 Å². The zero-order valence-corrected chi connectivity index (χ0v) is 14.5. The van der Waals surface area contributed by atoms with E-state index in [1.807, 2.05) is 36.9 Å². The third-order valence-corrected chi connectivity index (χ3v) is 4.71. The third kappa shape index (κ3) is 2.40. The summed E-state index contributed by atoms with van der Waals surface area (Å²) in [4.78, 5) is 30.2. The number of carbonyl (C=O) groups is 2. The van der Waals surface area contributed by atoms with Gasteiger partial charge in [-0.05, 0) is 43.9 Å². The second kappa shape index (κ2) is 6.15. The fourth-order valence-electron chi connectivity index (χ4n) is 3.51. The predicted molar refractivity (Wildman–Crippen MR) is 92.7 cm³/mol. The van der Waals surface area contributed by atoms with Crippen LogP contribution < -0.4 is 4.90 Å². The highest BCUT2D eigenvalue weighted by molar-refractivity contribution is 6.09. The van der Waals surface area contributed by atoms with Gasteiger partial charge < -0.3 is 14.6 Å². The van der Waals surface area contributed by atoms with Gasteiger partial charge in [0.2, 0.25) is 0 Å². The quantitative estimate of drug-likeness (QED) is 0.881. The maximum absolute atomic E-state index is 13.2. The van der Waals surface area contributed by atoms with E-state index >= 15 is 0 Å². The monoisotopic (exact) mass is 326 g/mol. The van der Waals surface area contributed by atoms with Crippen LogP contribution in [0.5, 0.6) is 0 Å². The first kappa shape index (κ1) is 16.3. The smallest absolute Gasteiger partial charge is 0.339 e. The second-order valence-electron chi connectivity index (χ2n) is 6.18. The molecule has 1 unspecified atom stereocenters. The van der Waals surface area contributed by atoms with Gasteiger partial charge in [0.15, 0.2) is 0 Å². The summed E-state index contributed by atoms with van der Waals surface area (Å²) < 4.78 is 4.87. The number of nitrogens with one attached hydrogen (secondary N) is 1. The Balaban J connectivity index is 2.05. The zero-order valence-electron chi connectivity index (χ0n) is 14.5. The number of H-pyrrole nitrogens is 1. The van der Waals surface area contributed by atoms with Gasteiger partial charge in [-0.25, -0.2) is 4.79 Å². The highest BCUT2D eigenvalue weighted by Gasteiger charge is 2.34. The molecule has 3 rings (SSSR count). The molecule has 1 aliphatic rings. The van der Waals surface area contributed by atoms with Crippen LogP contribution in [-0.4, -0.2) is 30.0 Å². The van der Waals surface area contributed by atoms with Gasteiger partial charge in [-0.15, -0.1) is 0 Å². The van der Waals surface area contributed by atoms with E-state index in [-0.39, 0.29) is 11.9 Å². The van der Waals surface area contributed by atoms with Crippen LogP contribution in [0.4, 0.5) is 5.69 Å². The zero-order chi connectivity index (χ0) is 17.4. The number of methoxy groups -OCH3 is 1. The average Bonchev–Trinajstić information content (AvgIpc) is 3.09. The lowest BCUT2D eigenvalue weighted by atomic mass is 10.1. The van der Waals surface area contributed by atoms with Gasteiger partial charge in [-0.1, -0.05) is 25.1 Å². The lowest BCUT2D eigenvalue weighted by Gasteiger charge is -2.22. The number of hydrogen-bond donors (Lipinski definition) is 1. The Morgan fingerprint density at radius 1 is 1.33 bits per heavy atom. The third-order valence-electron chi connectivity index (χ3n) is 4.71. The minimum absolute atomic E-state index is 0.0873. The molecule has 2 heterocycles. The summed E-state index contributed by atoms with van der Waals surface area (Å²) in [6.07, 6.45) is 1.47. The van der Waals surface area contributed by atoms with E-state index in [0.29, 0.717) is 23.2 Å². The fraction of sp³-hybridized carbons (Fsp3) is 0.368. The molecule has 0 bridgehead atoms. The maximum atomic E-state index is 13.2. The van der Waals surface area contributed by atoms with E-state index in [0.717, 1.165) is 17.8 Å². The van der Waals surface area contributed by atoms with E-state index < -0.39 is 5.97 Å². The standard InChI is InChI=1S/C19H22N2O3/c1-5-14-16(19(23)24-4)12(3)17(20-14)18(22)21-11(2)10-13-8-6-7-9-15(13)21/h6-9,11,20H,5,10H2,1-4H3. The van der Waals surface area contributed by atoms with E-state index in [1.54, 1.807) is 6.92 Å². The van der Waals surface area contributed by atoms with Gasteiger partial charge in [0, 0.05) is 17.4 Å². The summed E-state index contributed by atoms with van der Waals surface area (Å²) in [6, 6.07) is 8.04. The van der Waals surface area contributed by atoms with Crippen molar-refractivity contribution >= 4 is 17.6 Å². The number of carbonyl (C=O) groups excluding carboxylic acids is 2. The van der Waals surface area contributed by atoms with Crippen LogP contribution >= 0.6 is 0 Å². The highest BCUT2D eigenvalue weighted by atomic mass is 16.5. The molecular weight excluding hydrogens is 304 g/mol. The van der Waals surface area contributed by atoms with Crippen molar-refractivity contribution in [1.82, 2.24) is 4.98 Å². The lowest BCUT2D eigenvalue weighted by molar-refractivity contribution is 0.0599. The van der Waals surface area contributed by atoms with Crippen molar-refractivity contribution in [2.45, 2.75) is 39.7 Å².